The number of aromatic nitrogens is 4. The molecule has 3 heterocycles. The van der Waals surface area contributed by atoms with E-state index in [-0.39, 0.29) is 0 Å². The van der Waals surface area contributed by atoms with Crippen molar-refractivity contribution < 1.29 is 4.79 Å². The highest BCUT2D eigenvalue weighted by Gasteiger charge is 2.12. The summed E-state index contributed by atoms with van der Waals surface area (Å²) in [5, 5.41) is 4.43. The zero-order valence-electron chi connectivity index (χ0n) is 10.3. The number of nitrogens with zero attached hydrogens (tertiary/aromatic N) is 4. The predicted molar refractivity (Wildman–Crippen MR) is 77.7 cm³/mol. The molecule has 0 saturated heterocycles. The summed E-state index contributed by atoms with van der Waals surface area (Å²) in [5.41, 5.74) is 2.55. The van der Waals surface area contributed by atoms with Crippen LogP contribution in [0.3, 0.4) is 0 Å². The van der Waals surface area contributed by atoms with Crippen molar-refractivity contribution in [2.45, 2.75) is 0 Å². The minimum absolute atomic E-state index is 0.497. The standard InChI is InChI=1S/C14H9BrN4O/c15-11-1-2-13(17-7-11)14-10(9-20)8-19(18-14)12-3-5-16-6-4-12/h1-9H. The van der Waals surface area contributed by atoms with Gasteiger partial charge >= 0.3 is 0 Å². The second kappa shape index (κ2) is 5.34. The SMILES string of the molecule is O=Cc1cn(-c2ccncc2)nc1-c1ccc(Br)cn1. The molecule has 0 amide bonds. The van der Waals surface area contributed by atoms with Crippen molar-refractivity contribution in [1.82, 2.24) is 19.7 Å². The lowest BCUT2D eigenvalue weighted by Gasteiger charge is -1.99. The third-order valence-electron chi connectivity index (χ3n) is 2.77. The number of rotatable bonds is 3. The molecule has 0 aromatic carbocycles. The molecule has 5 nitrogen and oxygen atoms in total. The Morgan fingerprint density at radius 3 is 2.60 bits per heavy atom. The number of hydrogen-bond acceptors (Lipinski definition) is 4. The first-order valence-corrected chi connectivity index (χ1v) is 6.64. The Morgan fingerprint density at radius 2 is 1.95 bits per heavy atom. The Kier molecular flexibility index (Phi) is 3.39. The molecule has 0 fully saturated rings. The summed E-state index contributed by atoms with van der Waals surface area (Å²) in [7, 11) is 0. The van der Waals surface area contributed by atoms with E-state index in [1.54, 1.807) is 29.5 Å². The molecule has 0 saturated carbocycles. The third-order valence-corrected chi connectivity index (χ3v) is 3.24. The minimum atomic E-state index is 0.497. The van der Waals surface area contributed by atoms with Crippen LogP contribution in [-0.4, -0.2) is 26.0 Å². The molecule has 0 unspecified atom stereocenters. The van der Waals surface area contributed by atoms with Gasteiger partial charge in [0, 0.05) is 29.3 Å². The molecule has 6 heteroatoms. The molecule has 3 aromatic rings. The van der Waals surface area contributed by atoms with Gasteiger partial charge in [0.1, 0.15) is 5.69 Å². The summed E-state index contributed by atoms with van der Waals surface area (Å²) < 4.78 is 2.52. The van der Waals surface area contributed by atoms with Gasteiger partial charge in [-0.25, -0.2) is 4.68 Å². The van der Waals surface area contributed by atoms with Gasteiger partial charge in [0.05, 0.1) is 16.9 Å². The maximum Gasteiger partial charge on any atom is 0.153 e. The highest BCUT2D eigenvalue weighted by molar-refractivity contribution is 9.10. The predicted octanol–water partition coefficient (Wildman–Crippen LogP) is 2.90. The molecule has 3 aromatic heterocycles. The maximum atomic E-state index is 11.2. The number of carbonyl (C=O) groups is 1. The summed E-state index contributed by atoms with van der Waals surface area (Å²) in [6.45, 7) is 0. The van der Waals surface area contributed by atoms with Crippen molar-refractivity contribution in [2.24, 2.45) is 0 Å². The van der Waals surface area contributed by atoms with Crippen molar-refractivity contribution in [3.05, 3.63) is 59.1 Å². The van der Waals surface area contributed by atoms with E-state index in [0.29, 0.717) is 17.0 Å². The van der Waals surface area contributed by atoms with E-state index in [1.807, 2.05) is 24.3 Å². The van der Waals surface area contributed by atoms with Gasteiger partial charge < -0.3 is 0 Å². The van der Waals surface area contributed by atoms with E-state index in [2.05, 4.69) is 31.0 Å². The Labute approximate surface area is 123 Å². The monoisotopic (exact) mass is 328 g/mol. The molecule has 0 aliphatic rings. The second-order valence-corrected chi connectivity index (χ2v) is 4.98. The summed E-state index contributed by atoms with van der Waals surface area (Å²) in [6.07, 6.45) is 7.49. The molecule has 0 aliphatic carbocycles. The van der Waals surface area contributed by atoms with Gasteiger partial charge in [0.25, 0.3) is 0 Å². The Bertz CT molecular complexity index is 738. The smallest absolute Gasteiger partial charge is 0.153 e. The van der Waals surface area contributed by atoms with E-state index in [0.717, 1.165) is 16.4 Å². The van der Waals surface area contributed by atoms with E-state index in [4.69, 9.17) is 0 Å². The van der Waals surface area contributed by atoms with Crippen molar-refractivity contribution >= 4 is 22.2 Å². The molecule has 0 spiro atoms. The van der Waals surface area contributed by atoms with Crippen LogP contribution >= 0.6 is 15.9 Å². The number of halogens is 1. The van der Waals surface area contributed by atoms with Gasteiger partial charge in [-0.3, -0.25) is 14.8 Å². The maximum absolute atomic E-state index is 11.2. The lowest BCUT2D eigenvalue weighted by atomic mass is 10.2. The topological polar surface area (TPSA) is 60.7 Å². The van der Waals surface area contributed by atoms with Crippen molar-refractivity contribution in [2.75, 3.05) is 0 Å². The Hall–Kier alpha value is -2.34. The summed E-state index contributed by atoms with van der Waals surface area (Å²) in [5.74, 6) is 0. The average Bonchev–Trinajstić information content (AvgIpc) is 2.93. The van der Waals surface area contributed by atoms with Crippen LogP contribution in [0.5, 0.6) is 0 Å². The third kappa shape index (κ3) is 2.37. The minimum Gasteiger partial charge on any atom is -0.298 e. The lowest BCUT2D eigenvalue weighted by molar-refractivity contribution is 0.112. The normalized spacial score (nSPS) is 10.4. The molecule has 0 bridgehead atoms. The first-order valence-electron chi connectivity index (χ1n) is 5.85. The first kappa shape index (κ1) is 12.7. The number of hydrogen-bond donors (Lipinski definition) is 0. The van der Waals surface area contributed by atoms with Crippen LogP contribution in [0.4, 0.5) is 0 Å². The Morgan fingerprint density at radius 1 is 1.15 bits per heavy atom. The quantitative estimate of drug-likeness (QED) is 0.693. The van der Waals surface area contributed by atoms with Gasteiger partial charge in [0.15, 0.2) is 6.29 Å². The highest BCUT2D eigenvalue weighted by Crippen LogP contribution is 2.21. The van der Waals surface area contributed by atoms with Crippen LogP contribution in [0.25, 0.3) is 17.1 Å². The molecular weight excluding hydrogens is 320 g/mol. The van der Waals surface area contributed by atoms with Gasteiger partial charge in [-0.05, 0) is 40.2 Å². The molecular formula is C14H9BrN4O. The highest BCUT2D eigenvalue weighted by atomic mass is 79.9. The molecule has 98 valence electrons. The van der Waals surface area contributed by atoms with Gasteiger partial charge in [-0.1, -0.05) is 0 Å². The van der Waals surface area contributed by atoms with Crippen LogP contribution in [0.1, 0.15) is 10.4 Å². The molecule has 3 rings (SSSR count). The first-order chi connectivity index (χ1) is 9.78. The van der Waals surface area contributed by atoms with E-state index in [9.17, 15) is 4.79 Å². The number of carbonyl (C=O) groups excluding carboxylic acids is 1. The van der Waals surface area contributed by atoms with Crippen LogP contribution in [0.15, 0.2) is 53.5 Å². The van der Waals surface area contributed by atoms with Crippen LogP contribution in [-0.2, 0) is 0 Å². The zero-order valence-corrected chi connectivity index (χ0v) is 11.9. The molecule has 0 aliphatic heterocycles. The van der Waals surface area contributed by atoms with Gasteiger partial charge in [-0.2, -0.15) is 5.10 Å². The number of aldehydes is 1. The van der Waals surface area contributed by atoms with E-state index < -0.39 is 0 Å². The van der Waals surface area contributed by atoms with Crippen LogP contribution < -0.4 is 0 Å². The van der Waals surface area contributed by atoms with Gasteiger partial charge in [-0.15, -0.1) is 0 Å². The van der Waals surface area contributed by atoms with Crippen molar-refractivity contribution in [3.63, 3.8) is 0 Å². The molecule has 20 heavy (non-hydrogen) atoms. The lowest BCUT2D eigenvalue weighted by Crippen LogP contribution is -1.95. The zero-order chi connectivity index (χ0) is 13.9. The largest absolute Gasteiger partial charge is 0.298 e. The van der Waals surface area contributed by atoms with Crippen molar-refractivity contribution in [1.29, 1.82) is 0 Å². The van der Waals surface area contributed by atoms with Crippen LogP contribution in [0, 0.1) is 0 Å². The van der Waals surface area contributed by atoms with Crippen LogP contribution in [0.2, 0.25) is 0 Å². The molecule has 0 N–H and O–H groups in total. The fourth-order valence-electron chi connectivity index (χ4n) is 1.82. The average molecular weight is 329 g/mol. The van der Waals surface area contributed by atoms with Gasteiger partial charge in [0.2, 0.25) is 0 Å². The molecule has 0 atom stereocenters. The fourth-order valence-corrected chi connectivity index (χ4v) is 2.05. The molecule has 0 radical (unpaired) electrons. The number of pyridine rings is 2. The second-order valence-electron chi connectivity index (χ2n) is 4.06. The summed E-state index contributed by atoms with van der Waals surface area (Å²) >= 11 is 3.33. The summed E-state index contributed by atoms with van der Waals surface area (Å²) in [6, 6.07) is 7.32. The summed E-state index contributed by atoms with van der Waals surface area (Å²) in [4.78, 5) is 19.4. The van der Waals surface area contributed by atoms with E-state index in [1.165, 1.54) is 0 Å². The van der Waals surface area contributed by atoms with E-state index >= 15 is 0 Å². The fraction of sp³-hybridized carbons (Fsp3) is 0. The Balaban J connectivity index is 2.10. The van der Waals surface area contributed by atoms with Crippen molar-refractivity contribution in [3.8, 4) is 17.1 Å².